The number of nitro groups is 1. The van der Waals surface area contributed by atoms with Crippen molar-refractivity contribution < 1.29 is 9.72 Å². The van der Waals surface area contributed by atoms with Gasteiger partial charge in [-0.1, -0.05) is 30.3 Å². The van der Waals surface area contributed by atoms with Crippen LogP contribution in [0.4, 0.5) is 11.4 Å². The number of benzene rings is 2. The minimum Gasteiger partial charge on any atom is -0.272 e. The molecule has 0 radical (unpaired) electrons. The van der Waals surface area contributed by atoms with Crippen LogP contribution in [0.1, 0.15) is 18.4 Å². The van der Waals surface area contributed by atoms with Gasteiger partial charge in [-0.15, -0.1) is 0 Å². The van der Waals surface area contributed by atoms with E-state index in [0.717, 1.165) is 0 Å². The van der Waals surface area contributed by atoms with Crippen LogP contribution in [0.3, 0.4) is 0 Å². The van der Waals surface area contributed by atoms with Gasteiger partial charge in [0.25, 0.3) is 11.6 Å². The highest BCUT2D eigenvalue weighted by Crippen LogP contribution is 2.38. The monoisotopic (exact) mass is 373 g/mol. The van der Waals surface area contributed by atoms with Crippen LogP contribution >= 0.6 is 0 Å². The van der Waals surface area contributed by atoms with Crippen molar-refractivity contribution in [1.82, 2.24) is 0 Å². The van der Waals surface area contributed by atoms with Crippen LogP contribution < -0.4 is 5.01 Å². The second-order valence-corrected chi connectivity index (χ2v) is 6.31. The number of amides is 1. The van der Waals surface area contributed by atoms with Gasteiger partial charge in [-0.3, -0.25) is 14.9 Å². The molecule has 1 heterocycles. The molecule has 1 amide bonds. The molecule has 0 fully saturated rings. The lowest BCUT2D eigenvalue weighted by molar-refractivity contribution is -0.384. The van der Waals surface area contributed by atoms with Gasteiger partial charge in [-0.25, -0.2) is 5.01 Å². The van der Waals surface area contributed by atoms with Crippen molar-refractivity contribution >= 4 is 23.0 Å². The predicted octanol–water partition coefficient (Wildman–Crippen LogP) is 3.38. The highest BCUT2D eigenvalue weighted by Gasteiger charge is 2.44. The minimum absolute atomic E-state index is 0.109. The number of hydrazone groups is 1. The lowest BCUT2D eigenvalue weighted by Gasteiger charge is -2.24. The summed E-state index contributed by atoms with van der Waals surface area (Å²) < 4.78 is 0. The van der Waals surface area contributed by atoms with Crippen molar-refractivity contribution in [2.24, 2.45) is 16.9 Å². The average Bonchev–Trinajstić information content (AvgIpc) is 3.01. The number of nitrogens with zero attached hydrogens (tertiary/aromatic N) is 5. The first-order chi connectivity index (χ1) is 13.5. The van der Waals surface area contributed by atoms with Crippen LogP contribution in [-0.2, 0) is 4.79 Å². The van der Waals surface area contributed by atoms with Crippen LogP contribution in [0.2, 0.25) is 0 Å². The molecule has 2 atom stereocenters. The Morgan fingerprint density at radius 2 is 1.71 bits per heavy atom. The van der Waals surface area contributed by atoms with E-state index in [1.165, 1.54) is 29.3 Å². The van der Waals surface area contributed by atoms with E-state index < -0.39 is 22.7 Å². The fourth-order valence-corrected chi connectivity index (χ4v) is 3.33. The molecule has 1 aliphatic heterocycles. The fourth-order valence-electron chi connectivity index (χ4n) is 3.33. The average molecular weight is 373 g/mol. The summed E-state index contributed by atoms with van der Waals surface area (Å²) in [5.41, 5.74) is 1.46. The van der Waals surface area contributed by atoms with Crippen LogP contribution in [0.5, 0.6) is 0 Å². The Balaban J connectivity index is 2.03. The highest BCUT2D eigenvalue weighted by molar-refractivity contribution is 6.15. The van der Waals surface area contributed by atoms with E-state index in [1.807, 2.05) is 18.2 Å². The molecule has 3 rings (SSSR count). The Morgan fingerprint density at radius 1 is 1.11 bits per heavy atom. The topological polar surface area (TPSA) is 123 Å². The van der Waals surface area contributed by atoms with Crippen molar-refractivity contribution in [3.8, 4) is 12.1 Å². The van der Waals surface area contributed by atoms with Crippen molar-refractivity contribution in [3.05, 3.63) is 70.3 Å². The third kappa shape index (κ3) is 3.31. The summed E-state index contributed by atoms with van der Waals surface area (Å²) in [6.07, 6.45) is 0. The van der Waals surface area contributed by atoms with E-state index in [2.05, 4.69) is 5.10 Å². The lowest BCUT2D eigenvalue weighted by atomic mass is 9.75. The van der Waals surface area contributed by atoms with Gasteiger partial charge in [0.1, 0.15) is 5.92 Å². The minimum atomic E-state index is -1.11. The molecule has 2 aromatic rings. The summed E-state index contributed by atoms with van der Waals surface area (Å²) in [6.45, 7) is 1.68. The molecular formula is C20H15N5O3. The van der Waals surface area contributed by atoms with Gasteiger partial charge in [0.2, 0.25) is 0 Å². The molecular weight excluding hydrogens is 358 g/mol. The van der Waals surface area contributed by atoms with Crippen molar-refractivity contribution in [3.63, 3.8) is 0 Å². The van der Waals surface area contributed by atoms with E-state index in [9.17, 15) is 25.4 Å². The molecule has 8 nitrogen and oxygen atoms in total. The Kier molecular flexibility index (Phi) is 5.14. The molecule has 0 saturated carbocycles. The summed E-state index contributed by atoms with van der Waals surface area (Å²) >= 11 is 0. The normalized spacial score (nSPS) is 17.0. The Hall–Kier alpha value is -4.04. The first-order valence-electron chi connectivity index (χ1n) is 8.45. The third-order valence-corrected chi connectivity index (χ3v) is 4.67. The van der Waals surface area contributed by atoms with Gasteiger partial charge in [0.15, 0.2) is 0 Å². The summed E-state index contributed by atoms with van der Waals surface area (Å²) in [5, 5.41) is 35.5. The highest BCUT2D eigenvalue weighted by atomic mass is 16.6. The number of carbonyl (C=O) groups excluding carboxylic acids is 1. The molecule has 138 valence electrons. The molecule has 2 aromatic carbocycles. The maximum Gasteiger partial charge on any atom is 0.269 e. The molecule has 0 unspecified atom stereocenters. The van der Waals surface area contributed by atoms with Crippen LogP contribution in [0, 0.1) is 44.6 Å². The second kappa shape index (κ2) is 7.68. The number of non-ortho nitro benzene ring substituents is 1. The predicted molar refractivity (Wildman–Crippen MR) is 101 cm³/mol. The van der Waals surface area contributed by atoms with E-state index >= 15 is 0 Å². The summed E-state index contributed by atoms with van der Waals surface area (Å²) in [6, 6.07) is 18.3. The maximum absolute atomic E-state index is 13.1. The van der Waals surface area contributed by atoms with Gasteiger partial charge in [-0.2, -0.15) is 15.6 Å². The molecule has 0 spiro atoms. The Labute approximate surface area is 161 Å². The van der Waals surface area contributed by atoms with Crippen LogP contribution in [0.25, 0.3) is 0 Å². The molecule has 0 saturated heterocycles. The number of carbonyl (C=O) groups is 1. The quantitative estimate of drug-likeness (QED) is 0.587. The zero-order chi connectivity index (χ0) is 20.3. The zero-order valence-corrected chi connectivity index (χ0v) is 14.9. The summed E-state index contributed by atoms with van der Waals surface area (Å²) in [7, 11) is 0. The first kappa shape index (κ1) is 18.7. The van der Waals surface area contributed by atoms with Gasteiger partial charge in [0, 0.05) is 23.8 Å². The van der Waals surface area contributed by atoms with Crippen molar-refractivity contribution in [1.29, 1.82) is 10.5 Å². The van der Waals surface area contributed by atoms with Gasteiger partial charge in [-0.05, 0) is 24.6 Å². The Bertz CT molecular complexity index is 1000. The second-order valence-electron chi connectivity index (χ2n) is 6.31. The molecule has 0 N–H and O–H groups in total. The number of nitriles is 2. The molecule has 0 aromatic heterocycles. The van der Waals surface area contributed by atoms with Crippen LogP contribution in [0.15, 0.2) is 59.7 Å². The smallest absolute Gasteiger partial charge is 0.269 e. The third-order valence-electron chi connectivity index (χ3n) is 4.67. The molecule has 8 heteroatoms. The maximum atomic E-state index is 13.1. The van der Waals surface area contributed by atoms with E-state index in [0.29, 0.717) is 17.0 Å². The summed E-state index contributed by atoms with van der Waals surface area (Å²) in [5.74, 6) is -3.06. The first-order valence-corrected chi connectivity index (χ1v) is 8.45. The summed E-state index contributed by atoms with van der Waals surface area (Å²) in [4.78, 5) is 23.5. The number of rotatable bonds is 5. The Morgan fingerprint density at radius 3 is 2.25 bits per heavy atom. The van der Waals surface area contributed by atoms with Gasteiger partial charge >= 0.3 is 0 Å². The van der Waals surface area contributed by atoms with Gasteiger partial charge < -0.3 is 0 Å². The van der Waals surface area contributed by atoms with Crippen molar-refractivity contribution in [2.75, 3.05) is 5.01 Å². The standard InChI is InChI=1S/C20H15N5O3/c1-13-18(20(26)24(23-13)16-5-3-2-4-6-16)19(15(11-21)12-22)14-7-9-17(10-8-14)25(27)28/h2-10,15,18-19H,1H3/t18-,19+/m0/s1. The molecule has 0 aliphatic carbocycles. The van der Waals surface area contributed by atoms with E-state index in [1.54, 1.807) is 31.2 Å². The number of para-hydroxylation sites is 1. The molecule has 0 bridgehead atoms. The van der Waals surface area contributed by atoms with Crippen molar-refractivity contribution in [2.45, 2.75) is 12.8 Å². The zero-order valence-electron chi connectivity index (χ0n) is 14.9. The number of nitro benzene ring substituents is 1. The number of hydrogen-bond donors (Lipinski definition) is 0. The number of hydrogen-bond acceptors (Lipinski definition) is 6. The van der Waals surface area contributed by atoms with E-state index in [-0.39, 0.29) is 11.6 Å². The largest absolute Gasteiger partial charge is 0.272 e. The fraction of sp³-hybridized carbons (Fsp3) is 0.200. The number of anilines is 1. The lowest BCUT2D eigenvalue weighted by Crippen LogP contribution is -2.34. The SMILES string of the molecule is CC1=NN(c2ccccc2)C(=O)[C@@H]1[C@H](c1ccc([N+](=O)[O-])cc1)C(C#N)C#N. The molecule has 28 heavy (non-hydrogen) atoms. The van der Waals surface area contributed by atoms with Crippen LogP contribution in [-0.4, -0.2) is 16.5 Å². The van der Waals surface area contributed by atoms with E-state index in [4.69, 9.17) is 0 Å². The van der Waals surface area contributed by atoms with Gasteiger partial charge in [0.05, 0.1) is 28.7 Å². The molecule has 1 aliphatic rings.